The van der Waals surface area contributed by atoms with Crippen molar-refractivity contribution in [3.63, 3.8) is 0 Å². The van der Waals surface area contributed by atoms with Crippen molar-refractivity contribution >= 4 is 0 Å². The van der Waals surface area contributed by atoms with E-state index >= 15 is 0 Å². The molecule has 0 aromatic rings. The van der Waals surface area contributed by atoms with Gasteiger partial charge in [-0.15, -0.1) is 0 Å². The van der Waals surface area contributed by atoms with Crippen molar-refractivity contribution in [1.29, 1.82) is 0 Å². The quantitative estimate of drug-likeness (QED) is 0.719. The first-order valence-corrected chi connectivity index (χ1v) is 5.61. The van der Waals surface area contributed by atoms with Crippen molar-refractivity contribution in [2.75, 3.05) is 13.2 Å². The molecule has 2 N–H and O–H groups in total. The monoisotopic (exact) mass is 207 g/mol. The average molecular weight is 207 g/mol. The number of allylic oxidation sites excluding steroid dienone is 4. The fourth-order valence-corrected chi connectivity index (χ4v) is 1.65. The van der Waals surface area contributed by atoms with E-state index in [0.29, 0.717) is 6.61 Å². The Bertz CT molecular complexity index is 255. The van der Waals surface area contributed by atoms with Gasteiger partial charge in [0, 0.05) is 18.6 Å². The molecule has 0 aromatic heterocycles. The van der Waals surface area contributed by atoms with Crippen LogP contribution in [0.4, 0.5) is 0 Å². The summed E-state index contributed by atoms with van der Waals surface area (Å²) in [7, 11) is 0. The van der Waals surface area contributed by atoms with E-state index in [0.717, 1.165) is 25.0 Å². The lowest BCUT2D eigenvalue weighted by Gasteiger charge is -2.29. The van der Waals surface area contributed by atoms with Gasteiger partial charge in [0.05, 0.1) is 6.61 Å². The summed E-state index contributed by atoms with van der Waals surface area (Å²) in [5.74, 6) is 0.282. The summed E-state index contributed by atoms with van der Waals surface area (Å²) in [5, 5.41) is 0. The molecule has 1 saturated heterocycles. The maximum absolute atomic E-state index is 6.02. The molecule has 2 nitrogen and oxygen atoms in total. The molecule has 1 fully saturated rings. The molecule has 2 unspecified atom stereocenters. The third kappa shape index (κ3) is 4.02. The third-order valence-corrected chi connectivity index (χ3v) is 2.68. The molecule has 0 aliphatic carbocycles. The first-order valence-electron chi connectivity index (χ1n) is 5.61. The van der Waals surface area contributed by atoms with Gasteiger partial charge in [0.15, 0.2) is 0 Å². The first kappa shape index (κ1) is 12.2. The van der Waals surface area contributed by atoms with E-state index in [9.17, 15) is 0 Å². The van der Waals surface area contributed by atoms with E-state index in [4.69, 9.17) is 10.5 Å². The highest BCUT2D eigenvalue weighted by atomic mass is 16.5. The van der Waals surface area contributed by atoms with Gasteiger partial charge >= 0.3 is 0 Å². The molecule has 84 valence electrons. The fraction of sp³-hybridized carbons (Fsp3) is 0.538. The van der Waals surface area contributed by atoms with Gasteiger partial charge < -0.3 is 10.5 Å². The summed E-state index contributed by atoms with van der Waals surface area (Å²) in [6.45, 7) is 7.65. The van der Waals surface area contributed by atoms with Crippen LogP contribution < -0.4 is 5.73 Å². The topological polar surface area (TPSA) is 35.2 Å². The van der Waals surface area contributed by atoms with Crippen LogP contribution in [-0.4, -0.2) is 19.3 Å². The summed E-state index contributed by atoms with van der Waals surface area (Å²) in [5.41, 5.74) is 7.09. The van der Waals surface area contributed by atoms with Crippen LogP contribution in [-0.2, 0) is 4.74 Å². The van der Waals surface area contributed by atoms with Crippen LogP contribution in [0.5, 0.6) is 0 Å². The smallest absolute Gasteiger partial charge is 0.0549 e. The Hall–Kier alpha value is -0.860. The van der Waals surface area contributed by atoms with E-state index in [1.807, 2.05) is 18.2 Å². The van der Waals surface area contributed by atoms with Crippen LogP contribution in [0.3, 0.4) is 0 Å². The molecule has 1 rings (SSSR count). The van der Waals surface area contributed by atoms with Gasteiger partial charge in [-0.25, -0.2) is 0 Å². The van der Waals surface area contributed by atoms with Crippen molar-refractivity contribution in [2.45, 2.75) is 25.8 Å². The molecule has 0 radical (unpaired) electrons. The maximum Gasteiger partial charge on any atom is 0.0549 e. The summed E-state index contributed by atoms with van der Waals surface area (Å²) in [4.78, 5) is 0. The fourth-order valence-electron chi connectivity index (χ4n) is 1.65. The Labute approximate surface area is 92.5 Å². The van der Waals surface area contributed by atoms with E-state index in [1.165, 1.54) is 0 Å². The third-order valence-electron chi connectivity index (χ3n) is 2.68. The number of hydrogen-bond acceptors (Lipinski definition) is 2. The summed E-state index contributed by atoms with van der Waals surface area (Å²) >= 11 is 0. The van der Waals surface area contributed by atoms with E-state index < -0.39 is 0 Å². The minimum absolute atomic E-state index is 0.200. The van der Waals surface area contributed by atoms with Crippen LogP contribution in [0.1, 0.15) is 19.8 Å². The van der Waals surface area contributed by atoms with Gasteiger partial charge in [0.2, 0.25) is 0 Å². The Balaban J connectivity index is 2.44. The van der Waals surface area contributed by atoms with Crippen molar-refractivity contribution in [2.24, 2.45) is 11.7 Å². The SMILES string of the molecule is C=C(/C=C\C=C/CC)C1COCCC1N. The maximum atomic E-state index is 6.02. The second kappa shape index (κ2) is 6.59. The molecule has 0 aromatic carbocycles. The van der Waals surface area contributed by atoms with Crippen LogP contribution >= 0.6 is 0 Å². The predicted molar refractivity (Wildman–Crippen MR) is 64.6 cm³/mol. The molecule has 0 bridgehead atoms. The van der Waals surface area contributed by atoms with Gasteiger partial charge in [-0.05, 0) is 18.4 Å². The zero-order valence-electron chi connectivity index (χ0n) is 9.49. The predicted octanol–water partition coefficient (Wildman–Crippen LogP) is 2.43. The largest absolute Gasteiger partial charge is 0.381 e. The van der Waals surface area contributed by atoms with Crippen molar-refractivity contribution in [3.8, 4) is 0 Å². The minimum Gasteiger partial charge on any atom is -0.381 e. The lowest BCUT2D eigenvalue weighted by Crippen LogP contribution is -2.39. The lowest BCUT2D eigenvalue weighted by atomic mass is 9.90. The second-order valence-corrected chi connectivity index (χ2v) is 3.90. The van der Waals surface area contributed by atoms with Gasteiger partial charge in [0.25, 0.3) is 0 Å². The number of rotatable bonds is 4. The molecule has 2 heteroatoms. The molecule has 1 heterocycles. The first-order chi connectivity index (χ1) is 7.25. The van der Waals surface area contributed by atoms with E-state index in [-0.39, 0.29) is 12.0 Å². The van der Waals surface area contributed by atoms with Crippen LogP contribution in [0.15, 0.2) is 36.5 Å². The lowest BCUT2D eigenvalue weighted by molar-refractivity contribution is 0.0564. The van der Waals surface area contributed by atoms with Gasteiger partial charge in [-0.3, -0.25) is 0 Å². The van der Waals surface area contributed by atoms with Crippen molar-refractivity contribution in [1.82, 2.24) is 0 Å². The van der Waals surface area contributed by atoms with Crippen LogP contribution in [0.25, 0.3) is 0 Å². The van der Waals surface area contributed by atoms with Crippen molar-refractivity contribution in [3.05, 3.63) is 36.5 Å². The molecule has 0 spiro atoms. The van der Waals surface area contributed by atoms with Crippen LogP contribution in [0.2, 0.25) is 0 Å². The summed E-state index contributed by atoms with van der Waals surface area (Å²) in [6, 6.07) is 0.200. The number of nitrogens with two attached hydrogens (primary N) is 1. The van der Waals surface area contributed by atoms with Gasteiger partial charge in [-0.1, -0.05) is 37.8 Å². The second-order valence-electron chi connectivity index (χ2n) is 3.90. The zero-order chi connectivity index (χ0) is 11.1. The molecule has 1 aliphatic rings. The highest BCUT2D eigenvalue weighted by Crippen LogP contribution is 2.20. The normalized spacial score (nSPS) is 27.6. The summed E-state index contributed by atoms with van der Waals surface area (Å²) in [6.07, 6.45) is 10.2. The Kier molecular flexibility index (Phi) is 5.37. The van der Waals surface area contributed by atoms with E-state index in [2.05, 4.69) is 19.6 Å². The standard InChI is InChI=1S/C13H21NO/c1-3-4-5-6-7-11(2)12-10-15-9-8-13(12)14/h4-7,12-13H,2-3,8-10,14H2,1H3/b5-4-,7-6-. The molecular weight excluding hydrogens is 186 g/mol. The number of hydrogen-bond donors (Lipinski definition) is 1. The van der Waals surface area contributed by atoms with Gasteiger partial charge in [-0.2, -0.15) is 0 Å². The highest BCUT2D eigenvalue weighted by molar-refractivity contribution is 5.23. The Morgan fingerprint density at radius 1 is 1.53 bits per heavy atom. The molecule has 2 atom stereocenters. The highest BCUT2D eigenvalue weighted by Gasteiger charge is 2.23. The average Bonchev–Trinajstić information content (AvgIpc) is 2.25. The van der Waals surface area contributed by atoms with Crippen LogP contribution in [0, 0.1) is 5.92 Å². The molecule has 1 aliphatic heterocycles. The summed E-state index contributed by atoms with van der Waals surface area (Å²) < 4.78 is 5.41. The molecule has 0 amide bonds. The van der Waals surface area contributed by atoms with Crippen molar-refractivity contribution < 1.29 is 4.74 Å². The molecular formula is C13H21NO. The van der Waals surface area contributed by atoms with Gasteiger partial charge in [0.1, 0.15) is 0 Å². The number of ether oxygens (including phenoxy) is 1. The Morgan fingerprint density at radius 2 is 2.33 bits per heavy atom. The zero-order valence-corrected chi connectivity index (χ0v) is 9.49. The molecule has 0 saturated carbocycles. The van der Waals surface area contributed by atoms with E-state index in [1.54, 1.807) is 0 Å². The molecule has 15 heavy (non-hydrogen) atoms. The minimum atomic E-state index is 0.200. The Morgan fingerprint density at radius 3 is 3.00 bits per heavy atom.